The highest BCUT2D eigenvalue weighted by Gasteiger charge is 2.35. The molecule has 0 heterocycles. The van der Waals surface area contributed by atoms with E-state index in [9.17, 15) is 22.8 Å². The maximum absolute atomic E-state index is 13.7. The van der Waals surface area contributed by atoms with Gasteiger partial charge in [-0.05, 0) is 41.7 Å². The lowest BCUT2D eigenvalue weighted by molar-refractivity contribution is -0.141. The molecule has 33 heavy (non-hydrogen) atoms. The normalized spacial score (nSPS) is 14.2. The van der Waals surface area contributed by atoms with Crippen LogP contribution < -0.4 is 4.74 Å². The number of hydrogen-bond donors (Lipinski definition) is 0. The highest BCUT2D eigenvalue weighted by molar-refractivity contribution is 5.79. The molecule has 3 rings (SSSR count). The Kier molecular flexibility index (Phi) is 7.66. The number of rotatable bonds is 7. The van der Waals surface area contributed by atoms with Crippen LogP contribution in [0.3, 0.4) is 0 Å². The summed E-state index contributed by atoms with van der Waals surface area (Å²) in [6.07, 6.45) is -1.17. The number of carbonyl (C=O) groups excluding carboxylic acids is 2. The van der Waals surface area contributed by atoms with Gasteiger partial charge in [-0.2, -0.15) is 13.2 Å². The monoisotopic (exact) mass is 463 g/mol. The molecule has 1 amide bonds. The van der Waals surface area contributed by atoms with E-state index < -0.39 is 24.1 Å². The third-order valence-corrected chi connectivity index (χ3v) is 6.11. The van der Waals surface area contributed by atoms with Crippen LogP contribution in [0, 0.1) is 0 Å². The van der Waals surface area contributed by atoms with Gasteiger partial charge in [0.15, 0.2) is 0 Å². The number of amides is 1. The summed E-state index contributed by atoms with van der Waals surface area (Å²) >= 11 is 0. The second-order valence-electron chi connectivity index (χ2n) is 8.20. The van der Waals surface area contributed by atoms with Crippen LogP contribution in [0.25, 0.3) is 11.1 Å². The minimum Gasteiger partial charge on any atom is -0.496 e. The van der Waals surface area contributed by atoms with Crippen LogP contribution in [0.1, 0.15) is 49.3 Å². The zero-order valence-electron chi connectivity index (χ0n) is 19.0. The summed E-state index contributed by atoms with van der Waals surface area (Å²) in [4.78, 5) is 26.1. The first-order valence-electron chi connectivity index (χ1n) is 10.9. The molecule has 5 nitrogen and oxygen atoms in total. The first kappa shape index (κ1) is 24.6. The van der Waals surface area contributed by atoms with Gasteiger partial charge in [0.25, 0.3) is 0 Å². The molecule has 0 N–H and O–H groups in total. The molecular formula is C25H28F3NO4. The number of benzene rings is 2. The smallest absolute Gasteiger partial charge is 0.416 e. The predicted molar refractivity (Wildman–Crippen MR) is 118 cm³/mol. The summed E-state index contributed by atoms with van der Waals surface area (Å²) in [5.74, 6) is -0.769. The van der Waals surface area contributed by atoms with E-state index in [0.29, 0.717) is 17.7 Å². The minimum atomic E-state index is -4.66. The molecule has 0 saturated heterocycles. The van der Waals surface area contributed by atoms with Crippen LogP contribution in [-0.2, 0) is 33.5 Å². The summed E-state index contributed by atoms with van der Waals surface area (Å²) in [5, 5.41) is 0. The lowest BCUT2D eigenvalue weighted by atomic mass is 9.92. The highest BCUT2D eigenvalue weighted by Crippen LogP contribution is 2.41. The fourth-order valence-corrected chi connectivity index (χ4v) is 4.46. The van der Waals surface area contributed by atoms with Crippen LogP contribution in [0.4, 0.5) is 13.2 Å². The quantitative estimate of drug-likeness (QED) is 0.517. The van der Waals surface area contributed by atoms with Crippen LogP contribution in [0.2, 0.25) is 0 Å². The molecule has 2 aromatic rings. The average Bonchev–Trinajstić information content (AvgIpc) is 3.30. The second-order valence-corrected chi connectivity index (χ2v) is 8.20. The first-order chi connectivity index (χ1) is 15.7. The van der Waals surface area contributed by atoms with Crippen molar-refractivity contribution in [1.29, 1.82) is 0 Å². The third kappa shape index (κ3) is 5.67. The highest BCUT2D eigenvalue weighted by atomic mass is 19.4. The van der Waals surface area contributed by atoms with E-state index in [-0.39, 0.29) is 23.3 Å². The van der Waals surface area contributed by atoms with Gasteiger partial charge >= 0.3 is 12.1 Å². The molecular weight excluding hydrogens is 435 g/mol. The van der Waals surface area contributed by atoms with Crippen molar-refractivity contribution >= 4 is 11.9 Å². The van der Waals surface area contributed by atoms with E-state index in [1.165, 1.54) is 20.1 Å². The summed E-state index contributed by atoms with van der Waals surface area (Å²) in [6, 6.07) is 9.67. The molecule has 0 atom stereocenters. The number of nitrogens with zero attached hydrogens (tertiary/aromatic N) is 1. The topological polar surface area (TPSA) is 55.8 Å². The van der Waals surface area contributed by atoms with Gasteiger partial charge in [0.2, 0.25) is 5.91 Å². The molecule has 0 spiro atoms. The maximum atomic E-state index is 13.7. The summed E-state index contributed by atoms with van der Waals surface area (Å²) in [7, 11) is 2.44. The van der Waals surface area contributed by atoms with Gasteiger partial charge in [-0.3, -0.25) is 9.59 Å². The number of hydrogen-bond acceptors (Lipinski definition) is 4. The van der Waals surface area contributed by atoms with Crippen LogP contribution in [-0.4, -0.2) is 37.0 Å². The number of ether oxygens (including phenoxy) is 2. The largest absolute Gasteiger partial charge is 0.496 e. The molecule has 0 aromatic heterocycles. The number of alkyl halides is 3. The van der Waals surface area contributed by atoms with Gasteiger partial charge in [-0.15, -0.1) is 0 Å². The van der Waals surface area contributed by atoms with Crippen molar-refractivity contribution in [2.75, 3.05) is 14.2 Å². The van der Waals surface area contributed by atoms with Gasteiger partial charge in [0, 0.05) is 25.1 Å². The molecule has 1 aliphatic rings. The first-order valence-corrected chi connectivity index (χ1v) is 10.9. The standard InChI is InChI=1S/C25H28F3NO4/c1-16(30)29(19-9-5-6-10-19)15-17-8-4-7-11-20(17)21-12-18(13-24(31)33-3)22(25(26,27)28)14-23(21)32-2/h4,7-8,11-12,14,19H,5-6,9-10,13,15H2,1-3H3. The fourth-order valence-electron chi connectivity index (χ4n) is 4.46. The molecule has 0 unspecified atom stereocenters. The van der Waals surface area contributed by atoms with E-state index in [2.05, 4.69) is 4.74 Å². The summed E-state index contributed by atoms with van der Waals surface area (Å²) < 4.78 is 51.1. The Balaban J connectivity index is 2.11. The van der Waals surface area contributed by atoms with Gasteiger partial charge in [0.05, 0.1) is 26.2 Å². The van der Waals surface area contributed by atoms with E-state index in [4.69, 9.17) is 4.74 Å². The van der Waals surface area contributed by atoms with Crippen LogP contribution in [0.15, 0.2) is 36.4 Å². The average molecular weight is 463 g/mol. The summed E-state index contributed by atoms with van der Waals surface area (Å²) in [6.45, 7) is 1.88. The van der Waals surface area contributed by atoms with Crippen molar-refractivity contribution in [1.82, 2.24) is 4.90 Å². The van der Waals surface area contributed by atoms with Crippen LogP contribution in [0.5, 0.6) is 5.75 Å². The molecule has 8 heteroatoms. The Morgan fingerprint density at radius 3 is 2.27 bits per heavy atom. The molecule has 178 valence electrons. The molecule has 1 aliphatic carbocycles. The zero-order valence-corrected chi connectivity index (χ0v) is 19.0. The lowest BCUT2D eigenvalue weighted by Gasteiger charge is -2.29. The van der Waals surface area contributed by atoms with E-state index in [1.54, 1.807) is 12.1 Å². The van der Waals surface area contributed by atoms with Gasteiger partial charge < -0.3 is 14.4 Å². The maximum Gasteiger partial charge on any atom is 0.416 e. The Hall–Kier alpha value is -3.03. The van der Waals surface area contributed by atoms with E-state index in [1.807, 2.05) is 17.0 Å². The number of halogens is 3. The van der Waals surface area contributed by atoms with E-state index >= 15 is 0 Å². The second kappa shape index (κ2) is 10.3. The Labute approximate surface area is 191 Å². The lowest BCUT2D eigenvalue weighted by Crippen LogP contribution is -2.36. The van der Waals surface area contributed by atoms with Crippen molar-refractivity contribution in [3.05, 3.63) is 53.1 Å². The number of esters is 1. The fraction of sp³-hybridized carbons (Fsp3) is 0.440. The van der Waals surface area contributed by atoms with Crippen LogP contribution >= 0.6 is 0 Å². The van der Waals surface area contributed by atoms with Gasteiger partial charge in [-0.1, -0.05) is 37.1 Å². The Bertz CT molecular complexity index is 1010. The van der Waals surface area contributed by atoms with Gasteiger partial charge in [0.1, 0.15) is 5.75 Å². The van der Waals surface area contributed by atoms with Crippen molar-refractivity contribution in [2.45, 2.75) is 57.8 Å². The molecule has 0 radical (unpaired) electrons. The molecule has 0 aliphatic heterocycles. The molecule has 1 saturated carbocycles. The van der Waals surface area contributed by atoms with Crippen molar-refractivity contribution in [2.24, 2.45) is 0 Å². The zero-order chi connectivity index (χ0) is 24.2. The number of carbonyl (C=O) groups is 2. The SMILES string of the molecule is COC(=O)Cc1cc(-c2ccccc2CN(C(C)=O)C2CCCC2)c(OC)cc1C(F)(F)F. The van der Waals surface area contributed by atoms with Crippen molar-refractivity contribution in [3.8, 4) is 16.9 Å². The van der Waals surface area contributed by atoms with E-state index in [0.717, 1.165) is 44.4 Å². The Morgan fingerprint density at radius 2 is 1.70 bits per heavy atom. The van der Waals surface area contributed by atoms with Crippen molar-refractivity contribution < 1.29 is 32.2 Å². The molecule has 1 fully saturated rings. The van der Waals surface area contributed by atoms with Gasteiger partial charge in [-0.25, -0.2) is 0 Å². The molecule has 2 aromatic carbocycles. The van der Waals surface area contributed by atoms with Crippen molar-refractivity contribution in [3.63, 3.8) is 0 Å². The Morgan fingerprint density at radius 1 is 1.03 bits per heavy atom. The number of methoxy groups -OCH3 is 2. The predicted octanol–water partition coefficient (Wildman–Crippen LogP) is 5.39. The molecule has 0 bridgehead atoms. The third-order valence-electron chi connectivity index (χ3n) is 6.11. The summed E-state index contributed by atoms with van der Waals surface area (Å²) in [5.41, 5.74) is 0.733. The minimum absolute atomic E-state index is 0.0394.